The van der Waals surface area contributed by atoms with Gasteiger partial charge in [-0.25, -0.2) is 0 Å². The summed E-state index contributed by atoms with van der Waals surface area (Å²) < 4.78 is 0. The Bertz CT molecular complexity index is 846. The van der Waals surface area contributed by atoms with Crippen molar-refractivity contribution < 1.29 is 5.11 Å². The Balaban J connectivity index is 1.50. The molecule has 3 aromatic rings. The number of likely N-dealkylation sites (tertiary alicyclic amines) is 1. The molecule has 4 rings (SSSR count). The van der Waals surface area contributed by atoms with Gasteiger partial charge in [0.15, 0.2) is 0 Å². The normalized spacial score (nSPS) is 15.6. The van der Waals surface area contributed by atoms with Crippen molar-refractivity contribution in [3.8, 4) is 5.75 Å². The molecule has 1 N–H and O–H groups in total. The lowest BCUT2D eigenvalue weighted by molar-refractivity contribution is 0.205. The number of phenolic OH excluding ortho intramolecular Hbond substituents is 1. The molecule has 138 valence electrons. The summed E-state index contributed by atoms with van der Waals surface area (Å²) >= 11 is 0. The zero-order chi connectivity index (χ0) is 18.5. The quantitative estimate of drug-likeness (QED) is 0.723. The molecule has 0 unspecified atom stereocenters. The summed E-state index contributed by atoms with van der Waals surface area (Å²) in [6.07, 6.45) is 5.86. The van der Waals surface area contributed by atoms with Crippen molar-refractivity contribution >= 4 is 11.4 Å². The molecule has 1 aliphatic heterocycles. The molecule has 27 heavy (non-hydrogen) atoms. The van der Waals surface area contributed by atoms with Crippen LogP contribution in [0.3, 0.4) is 0 Å². The smallest absolute Gasteiger partial charge is 0.117 e. The Kier molecular flexibility index (Phi) is 5.35. The molecular weight excluding hydrogens is 334 g/mol. The third-order valence-electron chi connectivity index (χ3n) is 5.20. The van der Waals surface area contributed by atoms with E-state index in [2.05, 4.69) is 57.2 Å². The second-order valence-corrected chi connectivity index (χ2v) is 7.09. The molecule has 0 saturated carbocycles. The summed E-state index contributed by atoms with van der Waals surface area (Å²) in [6.45, 7) is 3.14. The van der Waals surface area contributed by atoms with Crippen molar-refractivity contribution in [3.05, 3.63) is 84.7 Å². The van der Waals surface area contributed by atoms with Crippen LogP contribution < -0.4 is 4.90 Å². The van der Waals surface area contributed by atoms with Crippen molar-refractivity contribution in [1.29, 1.82) is 0 Å². The van der Waals surface area contributed by atoms with E-state index in [0.717, 1.165) is 43.9 Å². The van der Waals surface area contributed by atoms with Crippen LogP contribution in [0.15, 0.2) is 79.1 Å². The maximum atomic E-state index is 9.96. The van der Waals surface area contributed by atoms with Gasteiger partial charge in [-0.2, -0.15) is 0 Å². The fourth-order valence-corrected chi connectivity index (χ4v) is 3.89. The van der Waals surface area contributed by atoms with E-state index in [4.69, 9.17) is 0 Å². The summed E-state index contributed by atoms with van der Waals surface area (Å²) in [7, 11) is 0. The van der Waals surface area contributed by atoms with Crippen LogP contribution in [0.5, 0.6) is 5.75 Å². The average molecular weight is 359 g/mol. The molecule has 1 fully saturated rings. The minimum Gasteiger partial charge on any atom is -0.508 e. The SMILES string of the molecule is Oc1cccc(N(c2cccnc2)C2CCN(Cc3ccccc3)CC2)c1. The third-order valence-corrected chi connectivity index (χ3v) is 5.20. The number of hydrogen-bond acceptors (Lipinski definition) is 4. The van der Waals surface area contributed by atoms with Gasteiger partial charge in [-0.1, -0.05) is 36.4 Å². The molecular formula is C23H25N3O. The molecule has 1 aromatic heterocycles. The van der Waals surface area contributed by atoms with Crippen molar-refractivity contribution in [2.24, 2.45) is 0 Å². The third kappa shape index (κ3) is 4.29. The molecule has 4 nitrogen and oxygen atoms in total. The standard InChI is InChI=1S/C23H25N3O/c27-23-10-4-8-21(16-23)26(22-9-5-13-24-17-22)20-11-14-25(15-12-20)18-19-6-2-1-3-7-19/h1-10,13,16-17,20,27H,11-12,14-15,18H2. The molecule has 0 spiro atoms. The second-order valence-electron chi connectivity index (χ2n) is 7.09. The van der Waals surface area contributed by atoms with Crippen molar-refractivity contribution in [2.45, 2.75) is 25.4 Å². The van der Waals surface area contributed by atoms with Gasteiger partial charge in [0, 0.05) is 43.6 Å². The van der Waals surface area contributed by atoms with E-state index in [1.807, 2.05) is 24.4 Å². The molecule has 2 aromatic carbocycles. The van der Waals surface area contributed by atoms with Gasteiger partial charge in [-0.3, -0.25) is 9.88 Å². The molecule has 0 bridgehead atoms. The summed E-state index contributed by atoms with van der Waals surface area (Å²) in [5.41, 5.74) is 3.46. The Labute approximate surface area is 160 Å². The number of phenols is 1. The second kappa shape index (κ2) is 8.23. The van der Waals surface area contributed by atoms with E-state index in [9.17, 15) is 5.11 Å². The highest BCUT2D eigenvalue weighted by Gasteiger charge is 2.26. The number of nitrogens with zero attached hydrogens (tertiary/aromatic N) is 3. The van der Waals surface area contributed by atoms with Gasteiger partial charge in [0.1, 0.15) is 5.75 Å². The van der Waals surface area contributed by atoms with Gasteiger partial charge in [0.25, 0.3) is 0 Å². The number of rotatable bonds is 5. The number of pyridine rings is 1. The highest BCUT2D eigenvalue weighted by molar-refractivity contribution is 5.64. The molecule has 4 heteroatoms. The van der Waals surface area contributed by atoms with Crippen LogP contribution in [0.4, 0.5) is 11.4 Å². The van der Waals surface area contributed by atoms with E-state index in [-0.39, 0.29) is 0 Å². The van der Waals surface area contributed by atoms with E-state index in [1.54, 1.807) is 12.3 Å². The van der Waals surface area contributed by atoms with Crippen LogP contribution in [-0.4, -0.2) is 34.1 Å². The zero-order valence-corrected chi connectivity index (χ0v) is 15.4. The van der Waals surface area contributed by atoms with Crippen LogP contribution in [-0.2, 0) is 6.54 Å². The first-order chi connectivity index (χ1) is 13.3. The molecule has 0 aliphatic carbocycles. The molecule has 1 saturated heterocycles. The molecule has 2 heterocycles. The van der Waals surface area contributed by atoms with Crippen LogP contribution in [0.2, 0.25) is 0 Å². The van der Waals surface area contributed by atoms with Crippen LogP contribution in [0.1, 0.15) is 18.4 Å². The van der Waals surface area contributed by atoms with Crippen molar-refractivity contribution in [2.75, 3.05) is 18.0 Å². The van der Waals surface area contributed by atoms with Gasteiger partial charge >= 0.3 is 0 Å². The van der Waals surface area contributed by atoms with Gasteiger partial charge in [-0.05, 0) is 42.7 Å². The number of aromatic hydroxyl groups is 1. The van der Waals surface area contributed by atoms with Gasteiger partial charge in [0.05, 0.1) is 11.9 Å². The lowest BCUT2D eigenvalue weighted by Crippen LogP contribution is -2.42. The van der Waals surface area contributed by atoms with E-state index >= 15 is 0 Å². The van der Waals surface area contributed by atoms with E-state index in [1.165, 1.54) is 5.56 Å². The fourth-order valence-electron chi connectivity index (χ4n) is 3.89. The Morgan fingerprint density at radius 3 is 2.41 bits per heavy atom. The maximum absolute atomic E-state index is 9.96. The topological polar surface area (TPSA) is 39.6 Å². The summed E-state index contributed by atoms with van der Waals surface area (Å²) in [4.78, 5) is 9.15. The maximum Gasteiger partial charge on any atom is 0.117 e. The zero-order valence-electron chi connectivity index (χ0n) is 15.4. The van der Waals surface area contributed by atoms with Crippen LogP contribution in [0.25, 0.3) is 0 Å². The lowest BCUT2D eigenvalue weighted by atomic mass is 10.0. The first kappa shape index (κ1) is 17.6. The molecule has 0 radical (unpaired) electrons. The summed E-state index contributed by atoms with van der Waals surface area (Å²) in [5.74, 6) is 0.294. The molecule has 0 amide bonds. The van der Waals surface area contributed by atoms with Gasteiger partial charge < -0.3 is 10.0 Å². The number of hydrogen-bond donors (Lipinski definition) is 1. The molecule has 1 aliphatic rings. The first-order valence-corrected chi connectivity index (χ1v) is 9.54. The van der Waals surface area contributed by atoms with Crippen LogP contribution in [0, 0.1) is 0 Å². The predicted molar refractivity (Wildman–Crippen MR) is 109 cm³/mol. The van der Waals surface area contributed by atoms with Gasteiger partial charge in [-0.15, -0.1) is 0 Å². The minimum atomic E-state index is 0.294. The first-order valence-electron chi connectivity index (χ1n) is 9.54. The van der Waals surface area contributed by atoms with Crippen molar-refractivity contribution in [1.82, 2.24) is 9.88 Å². The lowest BCUT2D eigenvalue weighted by Gasteiger charge is -2.39. The number of benzene rings is 2. The van der Waals surface area contributed by atoms with Crippen LogP contribution >= 0.6 is 0 Å². The highest BCUT2D eigenvalue weighted by atomic mass is 16.3. The van der Waals surface area contributed by atoms with E-state index < -0.39 is 0 Å². The predicted octanol–water partition coefficient (Wildman–Crippen LogP) is 4.59. The Morgan fingerprint density at radius 1 is 0.926 bits per heavy atom. The fraction of sp³-hybridized carbons (Fsp3) is 0.261. The average Bonchev–Trinajstić information content (AvgIpc) is 2.71. The highest BCUT2D eigenvalue weighted by Crippen LogP contribution is 2.33. The number of piperidine rings is 1. The van der Waals surface area contributed by atoms with Crippen molar-refractivity contribution in [3.63, 3.8) is 0 Å². The molecule has 0 atom stereocenters. The summed E-state index contributed by atoms with van der Waals surface area (Å²) in [5, 5.41) is 9.96. The summed E-state index contributed by atoms with van der Waals surface area (Å²) in [6, 6.07) is 22.6. The van der Waals surface area contributed by atoms with Gasteiger partial charge in [0.2, 0.25) is 0 Å². The van der Waals surface area contributed by atoms with E-state index in [0.29, 0.717) is 11.8 Å². The number of aromatic nitrogens is 1. The largest absolute Gasteiger partial charge is 0.508 e. The Hall–Kier alpha value is -2.85. The Morgan fingerprint density at radius 2 is 1.70 bits per heavy atom. The monoisotopic (exact) mass is 359 g/mol. The number of anilines is 2. The minimum absolute atomic E-state index is 0.294.